The van der Waals surface area contributed by atoms with Gasteiger partial charge < -0.3 is 10.2 Å². The van der Waals surface area contributed by atoms with Crippen LogP contribution in [0.1, 0.15) is 58.8 Å². The van der Waals surface area contributed by atoms with E-state index in [0.29, 0.717) is 6.61 Å². The van der Waals surface area contributed by atoms with E-state index < -0.39 is 5.97 Å². The zero-order valence-electron chi connectivity index (χ0n) is 10.6. The monoisotopic (exact) mass is 230 g/mol. The van der Waals surface area contributed by atoms with Crippen molar-refractivity contribution in [2.75, 3.05) is 6.61 Å². The minimum absolute atomic E-state index is 0.353. The predicted octanol–water partition coefficient (Wildman–Crippen LogP) is 3.38. The summed E-state index contributed by atoms with van der Waals surface area (Å²) in [5.41, 5.74) is 0. The van der Waals surface area contributed by atoms with E-state index in [1.165, 1.54) is 38.5 Å². The third-order valence-corrected chi connectivity index (χ3v) is 1.90. The van der Waals surface area contributed by atoms with Gasteiger partial charge in [0.1, 0.15) is 0 Å². The fourth-order valence-corrected chi connectivity index (χ4v) is 1.13. The fourth-order valence-electron chi connectivity index (χ4n) is 1.13. The second kappa shape index (κ2) is 16.6. The van der Waals surface area contributed by atoms with Crippen LogP contribution in [0.25, 0.3) is 0 Å². The number of carboxylic acids is 1. The number of aliphatic hydroxyl groups is 1. The molecule has 16 heavy (non-hydrogen) atoms. The number of aliphatic hydroxyl groups excluding tert-OH is 1. The highest BCUT2D eigenvalue weighted by Crippen LogP contribution is 2.03. The van der Waals surface area contributed by atoms with Crippen molar-refractivity contribution in [1.29, 1.82) is 0 Å². The first kappa shape index (κ1) is 17.6. The Hall–Kier alpha value is -0.830. The molecule has 0 aliphatic rings. The highest BCUT2D eigenvalue weighted by molar-refractivity contribution is 5.62. The van der Waals surface area contributed by atoms with Crippen LogP contribution in [0.2, 0.25) is 0 Å². The molecule has 0 aromatic heterocycles. The molecular weight excluding hydrogens is 204 g/mol. The lowest BCUT2D eigenvalue weighted by Gasteiger charge is -1.95. The molecule has 0 unspecified atom stereocenters. The van der Waals surface area contributed by atoms with Gasteiger partial charge in [-0.1, -0.05) is 38.3 Å². The Labute approximate surface area is 99.2 Å². The average Bonchev–Trinajstić information content (AvgIpc) is 2.21. The molecule has 0 aliphatic carbocycles. The summed E-state index contributed by atoms with van der Waals surface area (Å²) >= 11 is 0. The first-order valence-electron chi connectivity index (χ1n) is 6.10. The van der Waals surface area contributed by atoms with Crippen LogP contribution in [0.15, 0.2) is 12.2 Å². The van der Waals surface area contributed by atoms with Gasteiger partial charge in [-0.05, 0) is 25.7 Å². The highest BCUT2D eigenvalue weighted by Gasteiger charge is 1.86. The summed E-state index contributed by atoms with van der Waals surface area (Å²) < 4.78 is 0. The average molecular weight is 230 g/mol. The number of carbonyl (C=O) groups is 1. The maximum Gasteiger partial charge on any atom is 0.300 e. The van der Waals surface area contributed by atoms with Gasteiger partial charge in [-0.3, -0.25) is 4.79 Å². The quantitative estimate of drug-likeness (QED) is 0.496. The van der Waals surface area contributed by atoms with Crippen LogP contribution in [0.5, 0.6) is 0 Å². The Morgan fingerprint density at radius 2 is 1.56 bits per heavy atom. The molecule has 0 fully saturated rings. The van der Waals surface area contributed by atoms with Crippen molar-refractivity contribution in [2.24, 2.45) is 0 Å². The van der Waals surface area contributed by atoms with Crippen LogP contribution in [-0.4, -0.2) is 22.8 Å². The maximum absolute atomic E-state index is 9.00. The normalized spacial score (nSPS) is 9.94. The van der Waals surface area contributed by atoms with Gasteiger partial charge in [0, 0.05) is 13.5 Å². The molecular formula is C13H26O3. The standard InChI is InChI=1S/C11H22O.C2H4O2/c1-2-3-4-5-6-7-8-9-10-11-12;1-2(3)4/h4-5,12H,2-3,6-11H2,1H3;1H3,(H,3,4). The second-order valence-corrected chi connectivity index (χ2v) is 3.71. The number of aliphatic carboxylic acids is 1. The minimum Gasteiger partial charge on any atom is -0.481 e. The van der Waals surface area contributed by atoms with Crippen LogP contribution in [0.3, 0.4) is 0 Å². The summed E-state index contributed by atoms with van der Waals surface area (Å²) in [6.07, 6.45) is 12.9. The lowest BCUT2D eigenvalue weighted by molar-refractivity contribution is -0.134. The first-order chi connectivity index (χ1) is 7.65. The molecule has 0 aliphatic heterocycles. The molecule has 0 bridgehead atoms. The van der Waals surface area contributed by atoms with Gasteiger partial charge in [0.2, 0.25) is 0 Å². The third-order valence-electron chi connectivity index (χ3n) is 1.90. The Bertz CT molecular complexity index is 161. The third kappa shape index (κ3) is 29.2. The van der Waals surface area contributed by atoms with Crippen LogP contribution < -0.4 is 0 Å². The molecule has 3 heteroatoms. The van der Waals surface area contributed by atoms with E-state index in [4.69, 9.17) is 15.0 Å². The molecule has 0 radical (unpaired) electrons. The molecule has 3 nitrogen and oxygen atoms in total. The van der Waals surface area contributed by atoms with E-state index in [-0.39, 0.29) is 0 Å². The van der Waals surface area contributed by atoms with E-state index in [1.54, 1.807) is 0 Å². The maximum atomic E-state index is 9.00. The number of hydrogen-bond donors (Lipinski definition) is 2. The molecule has 0 spiro atoms. The Kier molecular flexibility index (Phi) is 18.2. The molecule has 0 atom stereocenters. The highest BCUT2D eigenvalue weighted by atomic mass is 16.4. The second-order valence-electron chi connectivity index (χ2n) is 3.71. The summed E-state index contributed by atoms with van der Waals surface area (Å²) in [5.74, 6) is -0.833. The summed E-state index contributed by atoms with van der Waals surface area (Å²) in [6.45, 7) is 3.64. The molecule has 0 amide bonds. The number of rotatable bonds is 8. The zero-order chi connectivity index (χ0) is 12.6. The van der Waals surface area contributed by atoms with Crippen LogP contribution in [0.4, 0.5) is 0 Å². The van der Waals surface area contributed by atoms with E-state index >= 15 is 0 Å². The van der Waals surface area contributed by atoms with Crippen LogP contribution >= 0.6 is 0 Å². The smallest absolute Gasteiger partial charge is 0.300 e. The molecule has 0 saturated carbocycles. The van der Waals surface area contributed by atoms with E-state index in [9.17, 15) is 0 Å². The van der Waals surface area contributed by atoms with Crippen molar-refractivity contribution in [3.8, 4) is 0 Å². The van der Waals surface area contributed by atoms with Crippen molar-refractivity contribution in [1.82, 2.24) is 0 Å². The Morgan fingerprint density at radius 3 is 2.06 bits per heavy atom. The summed E-state index contributed by atoms with van der Waals surface area (Å²) in [4.78, 5) is 9.00. The molecule has 0 aromatic rings. The summed E-state index contributed by atoms with van der Waals surface area (Å²) in [7, 11) is 0. The van der Waals surface area contributed by atoms with Crippen molar-refractivity contribution in [3.05, 3.63) is 12.2 Å². The van der Waals surface area contributed by atoms with Gasteiger partial charge >= 0.3 is 0 Å². The largest absolute Gasteiger partial charge is 0.481 e. The van der Waals surface area contributed by atoms with E-state index in [2.05, 4.69) is 19.1 Å². The SMILES string of the molecule is CC(=O)O.CCCC=CCCCCCCO. The van der Waals surface area contributed by atoms with Gasteiger partial charge in [-0.25, -0.2) is 0 Å². The fraction of sp³-hybridized carbons (Fsp3) is 0.769. The number of allylic oxidation sites excluding steroid dienone is 2. The van der Waals surface area contributed by atoms with Gasteiger partial charge in [-0.15, -0.1) is 0 Å². The Balaban J connectivity index is 0. The molecule has 0 aromatic carbocycles. The van der Waals surface area contributed by atoms with E-state index in [0.717, 1.165) is 13.3 Å². The van der Waals surface area contributed by atoms with Crippen molar-refractivity contribution < 1.29 is 15.0 Å². The number of unbranched alkanes of at least 4 members (excludes halogenated alkanes) is 5. The van der Waals surface area contributed by atoms with Crippen molar-refractivity contribution in [3.63, 3.8) is 0 Å². The minimum atomic E-state index is -0.833. The first-order valence-corrected chi connectivity index (χ1v) is 6.10. The Morgan fingerprint density at radius 1 is 1.06 bits per heavy atom. The molecule has 0 rings (SSSR count). The lowest BCUT2D eigenvalue weighted by atomic mass is 10.1. The van der Waals surface area contributed by atoms with Gasteiger partial charge in [0.15, 0.2) is 0 Å². The molecule has 0 saturated heterocycles. The predicted molar refractivity (Wildman–Crippen MR) is 67.5 cm³/mol. The van der Waals surface area contributed by atoms with Crippen molar-refractivity contribution >= 4 is 5.97 Å². The molecule has 0 heterocycles. The molecule has 96 valence electrons. The van der Waals surface area contributed by atoms with Crippen LogP contribution in [-0.2, 0) is 4.79 Å². The van der Waals surface area contributed by atoms with Crippen LogP contribution in [0, 0.1) is 0 Å². The summed E-state index contributed by atoms with van der Waals surface area (Å²) in [5, 5.41) is 15.9. The lowest BCUT2D eigenvalue weighted by Crippen LogP contribution is -1.82. The number of carboxylic acid groups (broad SMARTS) is 1. The van der Waals surface area contributed by atoms with E-state index in [1.807, 2.05) is 0 Å². The van der Waals surface area contributed by atoms with Crippen molar-refractivity contribution in [2.45, 2.75) is 58.8 Å². The topological polar surface area (TPSA) is 57.5 Å². The van der Waals surface area contributed by atoms with Gasteiger partial charge in [0.25, 0.3) is 5.97 Å². The summed E-state index contributed by atoms with van der Waals surface area (Å²) in [6, 6.07) is 0. The zero-order valence-corrected chi connectivity index (χ0v) is 10.6. The molecule has 2 N–H and O–H groups in total. The van der Waals surface area contributed by atoms with Gasteiger partial charge in [-0.2, -0.15) is 0 Å². The van der Waals surface area contributed by atoms with Gasteiger partial charge in [0.05, 0.1) is 0 Å². The number of hydrogen-bond acceptors (Lipinski definition) is 2.